The largest absolute Gasteiger partial charge is 0.459 e. The summed E-state index contributed by atoms with van der Waals surface area (Å²) in [6.07, 6.45) is 0. The van der Waals surface area contributed by atoms with Crippen molar-refractivity contribution in [3.8, 4) is 0 Å². The van der Waals surface area contributed by atoms with E-state index < -0.39 is 5.82 Å². The monoisotopic (exact) mass is 383 g/mol. The Morgan fingerprint density at radius 3 is 2.57 bits per heavy atom. The first-order valence-electron chi connectivity index (χ1n) is 8.92. The predicted molar refractivity (Wildman–Crippen MR) is 105 cm³/mol. The Morgan fingerprint density at radius 1 is 1.07 bits per heavy atom. The van der Waals surface area contributed by atoms with Crippen molar-refractivity contribution in [3.63, 3.8) is 0 Å². The van der Waals surface area contributed by atoms with Crippen molar-refractivity contribution < 1.29 is 18.4 Å². The highest BCUT2D eigenvalue weighted by molar-refractivity contribution is 5.92. The van der Waals surface area contributed by atoms with Crippen molar-refractivity contribution in [2.24, 2.45) is 0 Å². The van der Waals surface area contributed by atoms with Crippen LogP contribution in [-0.2, 0) is 9.59 Å². The highest BCUT2D eigenvalue weighted by atomic mass is 19.1. The van der Waals surface area contributed by atoms with Gasteiger partial charge in [0.2, 0.25) is 11.8 Å². The molecule has 0 saturated carbocycles. The number of rotatable bonds is 7. The molecule has 0 bridgehead atoms. The maximum Gasteiger partial charge on any atom is 0.238 e. The van der Waals surface area contributed by atoms with E-state index in [4.69, 9.17) is 4.42 Å². The highest BCUT2D eigenvalue weighted by Crippen LogP contribution is 2.23. The van der Waals surface area contributed by atoms with Gasteiger partial charge in [0, 0.05) is 11.1 Å². The third kappa shape index (κ3) is 5.17. The topological polar surface area (TPSA) is 74.6 Å². The van der Waals surface area contributed by atoms with Gasteiger partial charge in [-0.2, -0.15) is 0 Å². The summed E-state index contributed by atoms with van der Waals surface area (Å²) >= 11 is 0. The van der Waals surface area contributed by atoms with Gasteiger partial charge < -0.3 is 15.1 Å². The fraction of sp³-hybridized carbons (Fsp3) is 0.238. The van der Waals surface area contributed by atoms with Gasteiger partial charge in [-0.15, -0.1) is 0 Å². The van der Waals surface area contributed by atoms with E-state index in [0.717, 1.165) is 11.0 Å². The van der Waals surface area contributed by atoms with Crippen molar-refractivity contribution in [2.45, 2.75) is 13.0 Å². The molecule has 0 aliphatic rings. The number of nitrogens with one attached hydrogen (secondary N) is 2. The highest BCUT2D eigenvalue weighted by Gasteiger charge is 2.16. The Kier molecular flexibility index (Phi) is 6.06. The van der Waals surface area contributed by atoms with E-state index in [1.807, 2.05) is 37.3 Å². The molecule has 0 saturated heterocycles. The molecule has 0 unspecified atom stereocenters. The van der Waals surface area contributed by atoms with E-state index in [1.165, 1.54) is 18.2 Å². The summed E-state index contributed by atoms with van der Waals surface area (Å²) < 4.78 is 18.9. The Hall–Kier alpha value is -3.19. The fourth-order valence-corrected chi connectivity index (χ4v) is 2.89. The van der Waals surface area contributed by atoms with Crippen LogP contribution >= 0.6 is 0 Å². The first-order valence-corrected chi connectivity index (χ1v) is 8.92. The number of amides is 2. The van der Waals surface area contributed by atoms with Crippen LogP contribution in [0.15, 0.2) is 59.0 Å². The zero-order valence-electron chi connectivity index (χ0n) is 15.7. The van der Waals surface area contributed by atoms with Crippen molar-refractivity contribution in [3.05, 3.63) is 66.2 Å². The van der Waals surface area contributed by atoms with E-state index >= 15 is 0 Å². The van der Waals surface area contributed by atoms with Crippen molar-refractivity contribution in [2.75, 3.05) is 25.5 Å². The van der Waals surface area contributed by atoms with Gasteiger partial charge in [-0.3, -0.25) is 14.5 Å². The SMILES string of the molecule is C[C@@H](NC(=O)CN(C)CC(=O)Nc1cccc(F)c1)c1cc2ccccc2o1. The molecule has 3 aromatic rings. The molecule has 0 aliphatic heterocycles. The van der Waals surface area contributed by atoms with E-state index in [9.17, 15) is 14.0 Å². The average molecular weight is 383 g/mol. The third-order valence-electron chi connectivity index (χ3n) is 4.18. The second-order valence-corrected chi connectivity index (χ2v) is 6.71. The number of likely N-dealkylation sites (N-methyl/N-ethyl adjacent to an activating group) is 1. The summed E-state index contributed by atoms with van der Waals surface area (Å²) in [5, 5.41) is 6.44. The number of carbonyl (C=O) groups is 2. The number of fused-ring (bicyclic) bond motifs is 1. The lowest BCUT2D eigenvalue weighted by atomic mass is 10.2. The van der Waals surface area contributed by atoms with Crippen LogP contribution in [0.2, 0.25) is 0 Å². The molecule has 0 fully saturated rings. The van der Waals surface area contributed by atoms with Crippen molar-refractivity contribution in [1.29, 1.82) is 0 Å². The lowest BCUT2D eigenvalue weighted by molar-refractivity contribution is -0.123. The van der Waals surface area contributed by atoms with E-state index in [2.05, 4.69) is 10.6 Å². The van der Waals surface area contributed by atoms with Gasteiger partial charge in [0.05, 0.1) is 19.1 Å². The fourth-order valence-electron chi connectivity index (χ4n) is 2.89. The molecule has 0 spiro atoms. The number of halogens is 1. The van der Waals surface area contributed by atoms with Crippen LogP contribution in [-0.4, -0.2) is 36.9 Å². The van der Waals surface area contributed by atoms with Gasteiger partial charge in [0.15, 0.2) is 0 Å². The molecule has 1 atom stereocenters. The van der Waals surface area contributed by atoms with Crippen LogP contribution in [0.25, 0.3) is 11.0 Å². The van der Waals surface area contributed by atoms with Gasteiger partial charge in [-0.05, 0) is 44.3 Å². The quantitative estimate of drug-likeness (QED) is 0.656. The van der Waals surface area contributed by atoms with Gasteiger partial charge in [0.1, 0.15) is 17.2 Å². The number of nitrogens with zero attached hydrogens (tertiary/aromatic N) is 1. The number of benzene rings is 2. The lowest BCUT2D eigenvalue weighted by Crippen LogP contribution is -2.39. The summed E-state index contributed by atoms with van der Waals surface area (Å²) in [7, 11) is 1.66. The molecule has 7 heteroatoms. The van der Waals surface area contributed by atoms with Crippen LogP contribution in [0.3, 0.4) is 0 Å². The molecule has 1 aromatic heterocycles. The molecule has 2 aromatic carbocycles. The van der Waals surface area contributed by atoms with Crippen LogP contribution in [0.1, 0.15) is 18.7 Å². The summed E-state index contributed by atoms with van der Waals surface area (Å²) in [4.78, 5) is 25.9. The lowest BCUT2D eigenvalue weighted by Gasteiger charge is -2.18. The third-order valence-corrected chi connectivity index (χ3v) is 4.18. The Morgan fingerprint density at radius 2 is 1.82 bits per heavy atom. The molecule has 1 heterocycles. The maximum atomic E-state index is 13.2. The van der Waals surface area contributed by atoms with Gasteiger partial charge in [0.25, 0.3) is 0 Å². The van der Waals surface area contributed by atoms with E-state index in [-0.39, 0.29) is 30.9 Å². The van der Waals surface area contributed by atoms with Crippen LogP contribution in [0.5, 0.6) is 0 Å². The van der Waals surface area contributed by atoms with E-state index in [1.54, 1.807) is 18.0 Å². The van der Waals surface area contributed by atoms with Crippen LogP contribution in [0.4, 0.5) is 10.1 Å². The zero-order chi connectivity index (χ0) is 20.1. The second kappa shape index (κ2) is 8.67. The zero-order valence-corrected chi connectivity index (χ0v) is 15.7. The number of furan rings is 1. The van der Waals surface area contributed by atoms with Crippen molar-refractivity contribution >= 4 is 28.5 Å². The Labute approximate surface area is 162 Å². The Balaban J connectivity index is 1.48. The predicted octanol–water partition coefficient (Wildman–Crippen LogP) is 3.32. The Bertz CT molecular complexity index is 953. The normalized spacial score (nSPS) is 12.1. The summed E-state index contributed by atoms with van der Waals surface area (Å²) in [6.45, 7) is 1.89. The summed E-state index contributed by atoms with van der Waals surface area (Å²) in [6, 6.07) is 14.9. The first kappa shape index (κ1) is 19.6. The van der Waals surface area contributed by atoms with E-state index in [0.29, 0.717) is 11.4 Å². The summed E-state index contributed by atoms with van der Waals surface area (Å²) in [5.74, 6) is -0.314. The smallest absolute Gasteiger partial charge is 0.238 e. The molecule has 0 aliphatic carbocycles. The minimum atomic E-state index is -0.426. The number of hydrogen-bond acceptors (Lipinski definition) is 4. The number of carbonyl (C=O) groups excluding carboxylic acids is 2. The maximum absolute atomic E-state index is 13.2. The molecule has 3 rings (SSSR count). The minimum absolute atomic E-state index is 0.00293. The molecule has 2 amide bonds. The molecule has 6 nitrogen and oxygen atoms in total. The average Bonchev–Trinajstić information content (AvgIpc) is 3.05. The molecule has 28 heavy (non-hydrogen) atoms. The molecule has 2 N–H and O–H groups in total. The number of anilines is 1. The minimum Gasteiger partial charge on any atom is -0.459 e. The standard InChI is InChI=1S/C21H22FN3O3/c1-14(19-10-15-6-3-4-9-18(15)28-19)23-20(26)12-25(2)13-21(27)24-17-8-5-7-16(22)11-17/h3-11,14H,12-13H2,1-2H3,(H,23,26)(H,24,27)/t14-/m1/s1. The number of hydrogen-bond donors (Lipinski definition) is 2. The van der Waals surface area contributed by atoms with Crippen molar-refractivity contribution in [1.82, 2.24) is 10.2 Å². The first-order chi connectivity index (χ1) is 13.4. The molecular weight excluding hydrogens is 361 g/mol. The van der Waals surface area contributed by atoms with Gasteiger partial charge in [-0.1, -0.05) is 24.3 Å². The molecular formula is C21H22FN3O3. The second-order valence-electron chi connectivity index (χ2n) is 6.71. The molecule has 0 radical (unpaired) electrons. The summed E-state index contributed by atoms with van der Waals surface area (Å²) in [5.41, 5.74) is 1.14. The van der Waals surface area contributed by atoms with Gasteiger partial charge in [-0.25, -0.2) is 4.39 Å². The molecule has 146 valence electrons. The van der Waals surface area contributed by atoms with Crippen LogP contribution < -0.4 is 10.6 Å². The van der Waals surface area contributed by atoms with Gasteiger partial charge >= 0.3 is 0 Å². The number of para-hydroxylation sites is 1. The van der Waals surface area contributed by atoms with Crippen LogP contribution in [0, 0.1) is 5.82 Å².